The third kappa shape index (κ3) is 3.54. The summed E-state index contributed by atoms with van der Waals surface area (Å²) in [6.07, 6.45) is 4.06. The van der Waals surface area contributed by atoms with Gasteiger partial charge in [-0.25, -0.2) is 14.2 Å². The van der Waals surface area contributed by atoms with Crippen LogP contribution in [0.2, 0.25) is 0 Å². The molecule has 1 aromatic heterocycles. The number of rotatable bonds is 5. The first-order valence-corrected chi connectivity index (χ1v) is 8.75. The molecule has 0 radical (unpaired) electrons. The van der Waals surface area contributed by atoms with Crippen molar-refractivity contribution in [1.82, 2.24) is 9.55 Å². The van der Waals surface area contributed by atoms with Crippen LogP contribution in [0.5, 0.6) is 0 Å². The van der Waals surface area contributed by atoms with Gasteiger partial charge in [-0.15, -0.1) is 0 Å². The monoisotopic (exact) mass is 355 g/mol. The fourth-order valence-corrected chi connectivity index (χ4v) is 2.69. The number of aromatic nitrogens is 2. The van der Waals surface area contributed by atoms with Crippen molar-refractivity contribution < 1.29 is 26.5 Å². The molecule has 1 aliphatic heterocycles. The third-order valence-corrected chi connectivity index (χ3v) is 3.93. The van der Waals surface area contributed by atoms with Gasteiger partial charge in [0.15, 0.2) is 0 Å². The van der Waals surface area contributed by atoms with E-state index in [9.17, 15) is 17.6 Å². The SMILES string of the molecule is CS(=O)(=O)OCC1CN(c2ccc(-n3ccnc3)c(F)c2)C(=O)O1. The molecule has 1 saturated heterocycles. The van der Waals surface area contributed by atoms with E-state index in [-0.39, 0.29) is 13.2 Å². The Kier molecular flexibility index (Phi) is 4.24. The number of carbonyl (C=O) groups is 1. The van der Waals surface area contributed by atoms with E-state index >= 15 is 0 Å². The molecule has 0 spiro atoms. The average molecular weight is 355 g/mol. The molecule has 1 amide bonds. The number of hydrogen-bond acceptors (Lipinski definition) is 6. The summed E-state index contributed by atoms with van der Waals surface area (Å²) in [7, 11) is -3.63. The van der Waals surface area contributed by atoms with Crippen LogP contribution in [0.15, 0.2) is 36.9 Å². The second kappa shape index (κ2) is 6.21. The maximum absolute atomic E-state index is 14.3. The summed E-state index contributed by atoms with van der Waals surface area (Å²) in [5.41, 5.74) is 0.601. The molecule has 24 heavy (non-hydrogen) atoms. The lowest BCUT2D eigenvalue weighted by molar-refractivity contribution is 0.107. The highest BCUT2D eigenvalue weighted by Crippen LogP contribution is 2.25. The van der Waals surface area contributed by atoms with Crippen LogP contribution in [-0.4, -0.2) is 49.6 Å². The second-order valence-corrected chi connectivity index (χ2v) is 6.85. The normalized spacial score (nSPS) is 18.0. The molecule has 2 heterocycles. The average Bonchev–Trinajstić information content (AvgIpc) is 3.14. The zero-order valence-electron chi connectivity index (χ0n) is 12.6. The van der Waals surface area contributed by atoms with Crippen LogP contribution in [0.3, 0.4) is 0 Å². The van der Waals surface area contributed by atoms with Crippen LogP contribution in [0.1, 0.15) is 0 Å². The number of benzene rings is 1. The van der Waals surface area contributed by atoms with E-state index in [0.29, 0.717) is 11.4 Å². The molecule has 128 valence electrons. The molecule has 2 aromatic rings. The van der Waals surface area contributed by atoms with Gasteiger partial charge in [-0.05, 0) is 18.2 Å². The van der Waals surface area contributed by atoms with Gasteiger partial charge in [0.2, 0.25) is 0 Å². The topological polar surface area (TPSA) is 90.7 Å². The van der Waals surface area contributed by atoms with Crippen LogP contribution in [-0.2, 0) is 19.0 Å². The summed E-state index contributed by atoms with van der Waals surface area (Å²) in [5, 5.41) is 0. The largest absolute Gasteiger partial charge is 0.441 e. The van der Waals surface area contributed by atoms with E-state index in [1.165, 1.54) is 34.1 Å². The maximum Gasteiger partial charge on any atom is 0.414 e. The minimum absolute atomic E-state index is 0.0677. The maximum atomic E-state index is 14.3. The van der Waals surface area contributed by atoms with Gasteiger partial charge in [-0.3, -0.25) is 9.08 Å². The van der Waals surface area contributed by atoms with Crippen molar-refractivity contribution >= 4 is 21.9 Å². The quantitative estimate of drug-likeness (QED) is 0.751. The number of cyclic esters (lactones) is 1. The predicted octanol–water partition coefficient (Wildman–Crippen LogP) is 1.31. The molecule has 3 rings (SSSR count). The first-order chi connectivity index (χ1) is 11.3. The van der Waals surface area contributed by atoms with E-state index < -0.39 is 28.1 Å². The van der Waals surface area contributed by atoms with Crippen molar-refractivity contribution in [3.63, 3.8) is 0 Å². The number of carbonyl (C=O) groups excluding carboxylic acids is 1. The first-order valence-electron chi connectivity index (χ1n) is 6.94. The van der Waals surface area contributed by atoms with Crippen molar-refractivity contribution in [2.24, 2.45) is 0 Å². The number of halogens is 1. The van der Waals surface area contributed by atoms with Crippen LogP contribution < -0.4 is 4.90 Å². The Labute approximate surface area is 137 Å². The van der Waals surface area contributed by atoms with Crippen molar-refractivity contribution in [1.29, 1.82) is 0 Å². The number of ether oxygens (including phenoxy) is 1. The highest BCUT2D eigenvalue weighted by atomic mass is 32.2. The standard InChI is InChI=1S/C14H14FN3O5S/c1-24(20,21)22-8-11-7-18(14(19)23-11)10-2-3-13(12(15)6-10)17-5-4-16-9-17/h2-6,9,11H,7-8H2,1H3. The molecule has 8 nitrogen and oxygen atoms in total. The van der Waals surface area contributed by atoms with E-state index in [1.807, 2.05) is 0 Å². The van der Waals surface area contributed by atoms with E-state index in [4.69, 9.17) is 4.74 Å². The number of nitrogens with zero attached hydrogens (tertiary/aromatic N) is 3. The van der Waals surface area contributed by atoms with Gasteiger partial charge in [0.1, 0.15) is 18.5 Å². The van der Waals surface area contributed by atoms with Gasteiger partial charge in [-0.1, -0.05) is 0 Å². The van der Waals surface area contributed by atoms with E-state index in [0.717, 1.165) is 6.26 Å². The summed E-state index contributed by atoms with van der Waals surface area (Å²) in [6.45, 7) is -0.213. The molecule has 1 aromatic carbocycles. The molecule has 10 heteroatoms. The molecule has 0 aliphatic carbocycles. The lowest BCUT2D eigenvalue weighted by Gasteiger charge is -2.14. The van der Waals surface area contributed by atoms with Crippen molar-refractivity contribution in [2.45, 2.75) is 6.10 Å². The second-order valence-electron chi connectivity index (χ2n) is 5.21. The Morgan fingerprint density at radius 3 is 2.88 bits per heavy atom. The van der Waals surface area contributed by atoms with Crippen LogP contribution in [0.25, 0.3) is 5.69 Å². The molecule has 0 N–H and O–H groups in total. The van der Waals surface area contributed by atoms with Crippen LogP contribution >= 0.6 is 0 Å². The molecular formula is C14H14FN3O5S. The molecule has 1 unspecified atom stereocenters. The Bertz CT molecular complexity index is 853. The molecule has 1 fully saturated rings. The van der Waals surface area contributed by atoms with Gasteiger partial charge >= 0.3 is 6.09 Å². The summed E-state index contributed by atoms with van der Waals surface area (Å²) in [5.74, 6) is -0.533. The van der Waals surface area contributed by atoms with Crippen LogP contribution in [0.4, 0.5) is 14.9 Å². The zero-order chi connectivity index (χ0) is 17.3. The zero-order valence-corrected chi connectivity index (χ0v) is 13.4. The molecular weight excluding hydrogens is 341 g/mol. The first kappa shape index (κ1) is 16.4. The lowest BCUT2D eigenvalue weighted by Crippen LogP contribution is -2.26. The summed E-state index contributed by atoms with van der Waals surface area (Å²) in [4.78, 5) is 17.0. The number of anilines is 1. The van der Waals surface area contributed by atoms with Gasteiger partial charge in [0.25, 0.3) is 10.1 Å². The summed E-state index contributed by atoms with van der Waals surface area (Å²) >= 11 is 0. The van der Waals surface area contributed by atoms with Crippen LogP contribution in [0, 0.1) is 5.82 Å². The van der Waals surface area contributed by atoms with Gasteiger partial charge < -0.3 is 9.30 Å². The Balaban J connectivity index is 1.75. The minimum atomic E-state index is -3.63. The molecule has 1 atom stereocenters. The number of amides is 1. The Hall–Kier alpha value is -2.46. The van der Waals surface area contributed by atoms with E-state index in [2.05, 4.69) is 9.17 Å². The fourth-order valence-electron chi connectivity index (χ4n) is 2.29. The number of imidazole rings is 1. The van der Waals surface area contributed by atoms with E-state index in [1.54, 1.807) is 12.3 Å². The molecule has 0 saturated carbocycles. The molecule has 1 aliphatic rings. The highest BCUT2D eigenvalue weighted by molar-refractivity contribution is 7.85. The fraction of sp³-hybridized carbons (Fsp3) is 0.286. The van der Waals surface area contributed by atoms with Gasteiger partial charge in [0.05, 0.1) is 30.5 Å². The Morgan fingerprint density at radius 2 is 2.25 bits per heavy atom. The Morgan fingerprint density at radius 1 is 1.46 bits per heavy atom. The van der Waals surface area contributed by atoms with Gasteiger partial charge in [-0.2, -0.15) is 8.42 Å². The predicted molar refractivity (Wildman–Crippen MR) is 81.9 cm³/mol. The highest BCUT2D eigenvalue weighted by Gasteiger charge is 2.33. The molecule has 0 bridgehead atoms. The number of hydrogen-bond donors (Lipinski definition) is 0. The minimum Gasteiger partial charge on any atom is -0.441 e. The van der Waals surface area contributed by atoms with Crippen molar-refractivity contribution in [3.05, 3.63) is 42.7 Å². The lowest BCUT2D eigenvalue weighted by atomic mass is 10.2. The van der Waals surface area contributed by atoms with Crippen molar-refractivity contribution in [3.8, 4) is 5.69 Å². The summed E-state index contributed by atoms with van der Waals surface area (Å²) in [6, 6.07) is 4.29. The summed E-state index contributed by atoms with van der Waals surface area (Å²) < 4.78 is 47.4. The van der Waals surface area contributed by atoms with Gasteiger partial charge in [0, 0.05) is 12.4 Å². The third-order valence-electron chi connectivity index (χ3n) is 3.37. The smallest absolute Gasteiger partial charge is 0.414 e. The van der Waals surface area contributed by atoms with Crippen molar-refractivity contribution in [2.75, 3.05) is 24.3 Å².